The minimum atomic E-state index is -3.59. The lowest BCUT2D eigenvalue weighted by Gasteiger charge is -2.34. The minimum absolute atomic E-state index is 0.0601. The second-order valence-corrected chi connectivity index (χ2v) is 8.40. The van der Waals surface area contributed by atoms with Crippen LogP contribution >= 0.6 is 11.6 Å². The largest absolute Gasteiger partial charge is 0.339 e. The monoisotopic (exact) mass is 394 g/mol. The van der Waals surface area contributed by atoms with Gasteiger partial charge in [0.25, 0.3) is 0 Å². The van der Waals surface area contributed by atoms with E-state index in [9.17, 15) is 13.2 Å². The number of rotatable bonds is 5. The van der Waals surface area contributed by atoms with Gasteiger partial charge in [-0.3, -0.25) is 4.79 Å². The van der Waals surface area contributed by atoms with Crippen LogP contribution in [-0.2, 0) is 14.6 Å². The van der Waals surface area contributed by atoms with Crippen molar-refractivity contribution in [2.24, 2.45) is 0 Å². The third-order valence-electron chi connectivity index (χ3n) is 4.22. The molecular formula is C17H19ClN4O3S. The Labute approximate surface area is 157 Å². The molecule has 0 unspecified atom stereocenters. The van der Waals surface area contributed by atoms with Crippen LogP contribution in [0.3, 0.4) is 0 Å². The summed E-state index contributed by atoms with van der Waals surface area (Å²) in [4.78, 5) is 24.5. The second kappa shape index (κ2) is 8.01. The molecule has 1 aliphatic heterocycles. The van der Waals surface area contributed by atoms with E-state index >= 15 is 0 Å². The van der Waals surface area contributed by atoms with Gasteiger partial charge in [0, 0.05) is 45.0 Å². The predicted octanol–water partition coefficient (Wildman–Crippen LogP) is 1.64. The van der Waals surface area contributed by atoms with Gasteiger partial charge in [-0.25, -0.2) is 18.4 Å². The van der Waals surface area contributed by atoms with Crippen molar-refractivity contribution in [3.05, 3.63) is 47.7 Å². The maximum absolute atomic E-state index is 12.4. The Kier molecular flexibility index (Phi) is 5.73. The van der Waals surface area contributed by atoms with E-state index in [4.69, 9.17) is 11.6 Å². The lowest BCUT2D eigenvalue weighted by atomic mass is 10.3. The van der Waals surface area contributed by atoms with Crippen molar-refractivity contribution >= 4 is 33.3 Å². The number of halogens is 1. The molecule has 1 saturated heterocycles. The third-order valence-corrected chi connectivity index (χ3v) is 6.43. The van der Waals surface area contributed by atoms with Crippen LogP contribution in [0.25, 0.3) is 0 Å². The molecule has 7 nitrogen and oxygen atoms in total. The maximum Gasteiger partial charge on any atom is 0.225 e. The summed E-state index contributed by atoms with van der Waals surface area (Å²) in [5.41, 5.74) is 0. The number of hydrogen-bond donors (Lipinski definition) is 0. The molecule has 2 aromatic rings. The number of carbonyl (C=O) groups excluding carboxylic acids is 1. The lowest BCUT2D eigenvalue weighted by Crippen LogP contribution is -2.49. The van der Waals surface area contributed by atoms with E-state index in [2.05, 4.69) is 9.97 Å². The molecule has 0 bridgehead atoms. The second-order valence-electron chi connectivity index (χ2n) is 5.92. The van der Waals surface area contributed by atoms with Crippen molar-refractivity contribution in [3.63, 3.8) is 0 Å². The van der Waals surface area contributed by atoms with Crippen LogP contribution in [-0.4, -0.2) is 61.1 Å². The highest BCUT2D eigenvalue weighted by atomic mass is 35.5. The van der Waals surface area contributed by atoms with E-state index < -0.39 is 9.84 Å². The topological polar surface area (TPSA) is 83.5 Å². The van der Waals surface area contributed by atoms with E-state index in [0.717, 1.165) is 0 Å². The van der Waals surface area contributed by atoms with Crippen molar-refractivity contribution in [2.75, 3.05) is 36.8 Å². The first-order valence-electron chi connectivity index (χ1n) is 8.24. The standard InChI is InChI=1S/C17H19ClN4O3S/c18-14-4-1-2-5-15(14)26(24,25)13-6-16(23)21-9-11-22(12-10-21)17-19-7-3-8-20-17/h1-5,7-8H,6,9-13H2. The fourth-order valence-electron chi connectivity index (χ4n) is 2.80. The van der Waals surface area contributed by atoms with Gasteiger partial charge in [0.2, 0.25) is 11.9 Å². The number of aromatic nitrogens is 2. The number of carbonyl (C=O) groups is 1. The van der Waals surface area contributed by atoms with Gasteiger partial charge in [0.15, 0.2) is 9.84 Å². The quantitative estimate of drug-likeness (QED) is 0.766. The average molecular weight is 395 g/mol. The highest BCUT2D eigenvalue weighted by Gasteiger charge is 2.25. The minimum Gasteiger partial charge on any atom is -0.339 e. The molecule has 0 N–H and O–H groups in total. The SMILES string of the molecule is O=C(CCS(=O)(=O)c1ccccc1Cl)N1CCN(c2ncccn2)CC1. The molecule has 0 spiro atoms. The zero-order valence-electron chi connectivity index (χ0n) is 14.1. The molecule has 138 valence electrons. The number of benzene rings is 1. The Balaban J connectivity index is 1.54. The predicted molar refractivity (Wildman–Crippen MR) is 98.9 cm³/mol. The average Bonchev–Trinajstić information content (AvgIpc) is 2.67. The van der Waals surface area contributed by atoms with Crippen molar-refractivity contribution in [2.45, 2.75) is 11.3 Å². The van der Waals surface area contributed by atoms with E-state index in [1.165, 1.54) is 12.1 Å². The third kappa shape index (κ3) is 4.31. The molecule has 1 aliphatic rings. The van der Waals surface area contributed by atoms with E-state index in [-0.39, 0.29) is 28.0 Å². The molecule has 1 aromatic carbocycles. The van der Waals surface area contributed by atoms with Gasteiger partial charge < -0.3 is 9.80 Å². The smallest absolute Gasteiger partial charge is 0.225 e. The fourth-order valence-corrected chi connectivity index (χ4v) is 4.60. The Bertz CT molecular complexity index is 869. The van der Waals surface area contributed by atoms with Crippen molar-refractivity contribution in [1.29, 1.82) is 0 Å². The summed E-state index contributed by atoms with van der Waals surface area (Å²) < 4.78 is 24.8. The highest BCUT2D eigenvalue weighted by molar-refractivity contribution is 7.91. The molecule has 3 rings (SSSR count). The van der Waals surface area contributed by atoms with Crippen molar-refractivity contribution in [3.8, 4) is 0 Å². The summed E-state index contributed by atoms with van der Waals surface area (Å²) in [6.45, 7) is 2.27. The number of hydrogen-bond acceptors (Lipinski definition) is 6. The number of nitrogens with zero attached hydrogens (tertiary/aromatic N) is 4. The summed E-state index contributed by atoms with van der Waals surface area (Å²) in [6.07, 6.45) is 3.30. The molecule has 0 atom stereocenters. The molecule has 1 fully saturated rings. The van der Waals surface area contributed by atoms with Gasteiger partial charge in [-0.1, -0.05) is 23.7 Å². The first-order valence-corrected chi connectivity index (χ1v) is 10.3. The zero-order chi connectivity index (χ0) is 18.6. The van der Waals surface area contributed by atoms with Crippen LogP contribution in [0.1, 0.15) is 6.42 Å². The molecule has 0 aliphatic carbocycles. The van der Waals surface area contributed by atoms with Gasteiger partial charge in [-0.15, -0.1) is 0 Å². The molecule has 1 aromatic heterocycles. The van der Waals surface area contributed by atoms with Gasteiger partial charge in [-0.05, 0) is 18.2 Å². The molecule has 9 heteroatoms. The Morgan fingerprint density at radius 3 is 2.35 bits per heavy atom. The molecule has 1 amide bonds. The van der Waals surface area contributed by atoms with Gasteiger partial charge >= 0.3 is 0 Å². The fraction of sp³-hybridized carbons (Fsp3) is 0.353. The Morgan fingerprint density at radius 1 is 1.04 bits per heavy atom. The van der Waals surface area contributed by atoms with Crippen LogP contribution < -0.4 is 4.90 Å². The van der Waals surface area contributed by atoms with E-state index in [1.807, 2.05) is 4.90 Å². The summed E-state index contributed by atoms with van der Waals surface area (Å²) in [7, 11) is -3.59. The summed E-state index contributed by atoms with van der Waals surface area (Å²) in [5.74, 6) is 0.215. The molecule has 0 saturated carbocycles. The Hall–Kier alpha value is -2.19. The Morgan fingerprint density at radius 2 is 1.69 bits per heavy atom. The van der Waals surface area contributed by atoms with Gasteiger partial charge in [0.1, 0.15) is 0 Å². The summed E-state index contributed by atoms with van der Waals surface area (Å²) in [6, 6.07) is 8.03. The van der Waals surface area contributed by atoms with Crippen LogP contribution in [0.15, 0.2) is 47.6 Å². The van der Waals surface area contributed by atoms with Crippen LogP contribution in [0.5, 0.6) is 0 Å². The number of piperazine rings is 1. The number of sulfone groups is 1. The van der Waals surface area contributed by atoms with Crippen molar-refractivity contribution in [1.82, 2.24) is 14.9 Å². The van der Waals surface area contributed by atoms with Crippen molar-refractivity contribution < 1.29 is 13.2 Å². The van der Waals surface area contributed by atoms with E-state index in [1.54, 1.807) is 35.5 Å². The molecular weight excluding hydrogens is 376 g/mol. The van der Waals surface area contributed by atoms with Gasteiger partial charge in [-0.2, -0.15) is 0 Å². The molecule has 26 heavy (non-hydrogen) atoms. The first kappa shape index (κ1) is 18.6. The summed E-state index contributed by atoms with van der Waals surface area (Å²) >= 11 is 5.96. The van der Waals surface area contributed by atoms with Crippen LogP contribution in [0.2, 0.25) is 5.02 Å². The van der Waals surface area contributed by atoms with E-state index in [0.29, 0.717) is 32.1 Å². The van der Waals surface area contributed by atoms with Gasteiger partial charge in [0.05, 0.1) is 15.7 Å². The highest BCUT2D eigenvalue weighted by Crippen LogP contribution is 2.22. The normalized spacial score (nSPS) is 15.1. The molecule has 2 heterocycles. The summed E-state index contributed by atoms with van der Waals surface area (Å²) in [5, 5.41) is 0.177. The lowest BCUT2D eigenvalue weighted by molar-refractivity contribution is -0.131. The molecule has 0 radical (unpaired) electrons. The number of anilines is 1. The maximum atomic E-state index is 12.4. The number of amides is 1. The first-order chi connectivity index (χ1) is 12.5. The van der Waals surface area contributed by atoms with Crippen LogP contribution in [0, 0.1) is 0 Å². The van der Waals surface area contributed by atoms with Crippen LogP contribution in [0.4, 0.5) is 5.95 Å². The zero-order valence-corrected chi connectivity index (χ0v) is 15.7.